The molecule has 10 heteroatoms. The van der Waals surface area contributed by atoms with Crippen molar-refractivity contribution in [2.45, 2.75) is 12.2 Å². The van der Waals surface area contributed by atoms with Gasteiger partial charge in [-0.2, -0.15) is 18.3 Å². The summed E-state index contributed by atoms with van der Waals surface area (Å²) in [5.74, 6) is -1.80. The summed E-state index contributed by atoms with van der Waals surface area (Å²) in [6, 6.07) is 8.20. The van der Waals surface area contributed by atoms with Crippen LogP contribution in [0.4, 0.5) is 17.6 Å². The first-order chi connectivity index (χ1) is 15.7. The number of nitrogens with one attached hydrogen (secondary N) is 1. The molecule has 1 saturated heterocycles. The molecule has 5 rings (SSSR count). The van der Waals surface area contributed by atoms with Gasteiger partial charge in [0.05, 0.1) is 17.1 Å². The Bertz CT molecular complexity index is 1350. The molecule has 6 nitrogen and oxygen atoms in total. The summed E-state index contributed by atoms with van der Waals surface area (Å²) in [5.41, 5.74) is 3.07. The molecule has 1 aliphatic rings. The number of rotatable bonds is 4. The van der Waals surface area contributed by atoms with E-state index in [1.807, 2.05) is 18.3 Å². The monoisotopic (exact) mass is 455 g/mol. The van der Waals surface area contributed by atoms with Gasteiger partial charge in [0.2, 0.25) is 0 Å². The van der Waals surface area contributed by atoms with Crippen molar-refractivity contribution in [3.63, 3.8) is 0 Å². The van der Waals surface area contributed by atoms with Crippen LogP contribution < -0.4 is 0 Å². The number of hydrogen-bond donors (Lipinski definition) is 1. The number of carbonyl (C=O) groups excluding carboxylic acids is 1. The molecule has 0 unspecified atom stereocenters. The third kappa shape index (κ3) is 3.57. The van der Waals surface area contributed by atoms with Gasteiger partial charge in [0.15, 0.2) is 5.83 Å². The van der Waals surface area contributed by atoms with Crippen molar-refractivity contribution in [2.24, 2.45) is 0 Å². The van der Waals surface area contributed by atoms with Crippen molar-refractivity contribution in [3.05, 3.63) is 73.0 Å². The molecule has 0 atom stereocenters. The maximum atomic E-state index is 13.2. The standard InChI is InChI=1S/C23H17F4N5O/c1-13(24)22(33)31-11-17(12-31)32-21-18(15-6-8-28-10-15)7-9-29-20(21)19(30-32)14-2-4-16(5-3-14)23(25,26)27/h2-10,17,28H,1,11-12H2. The second-order valence-electron chi connectivity index (χ2n) is 7.79. The fourth-order valence-corrected chi connectivity index (χ4v) is 4.01. The van der Waals surface area contributed by atoms with Crippen molar-refractivity contribution in [2.75, 3.05) is 13.1 Å². The van der Waals surface area contributed by atoms with Crippen LogP contribution in [0.2, 0.25) is 0 Å². The highest BCUT2D eigenvalue weighted by molar-refractivity contribution is 5.99. The molecule has 0 spiro atoms. The van der Waals surface area contributed by atoms with Crippen LogP contribution in [0, 0.1) is 0 Å². The molecule has 168 valence electrons. The van der Waals surface area contributed by atoms with Crippen LogP contribution in [0.5, 0.6) is 0 Å². The number of nitrogens with zero attached hydrogens (tertiary/aromatic N) is 4. The second-order valence-corrected chi connectivity index (χ2v) is 7.79. The maximum absolute atomic E-state index is 13.2. The van der Waals surface area contributed by atoms with Gasteiger partial charge in [0.1, 0.15) is 11.2 Å². The van der Waals surface area contributed by atoms with Crippen molar-refractivity contribution >= 4 is 16.9 Å². The van der Waals surface area contributed by atoms with Gasteiger partial charge in [0.25, 0.3) is 5.91 Å². The molecule has 1 fully saturated rings. The van der Waals surface area contributed by atoms with E-state index >= 15 is 0 Å². The van der Waals surface area contributed by atoms with Crippen LogP contribution in [0.3, 0.4) is 0 Å². The Morgan fingerprint density at radius 1 is 1.09 bits per heavy atom. The van der Waals surface area contributed by atoms with E-state index in [-0.39, 0.29) is 19.1 Å². The fraction of sp³-hybridized carbons (Fsp3) is 0.174. The van der Waals surface area contributed by atoms with Crippen LogP contribution in [-0.2, 0) is 11.0 Å². The summed E-state index contributed by atoms with van der Waals surface area (Å²) < 4.78 is 54.0. The largest absolute Gasteiger partial charge is 0.416 e. The molecular formula is C23H17F4N5O. The molecule has 1 aliphatic heterocycles. The molecule has 1 aromatic carbocycles. The van der Waals surface area contributed by atoms with Crippen molar-refractivity contribution < 1.29 is 22.4 Å². The molecule has 1 N–H and O–H groups in total. The Morgan fingerprint density at radius 3 is 2.42 bits per heavy atom. The van der Waals surface area contributed by atoms with Gasteiger partial charge in [-0.1, -0.05) is 18.7 Å². The van der Waals surface area contributed by atoms with Crippen LogP contribution in [-0.4, -0.2) is 43.6 Å². The van der Waals surface area contributed by atoms with Crippen molar-refractivity contribution in [1.29, 1.82) is 0 Å². The zero-order valence-electron chi connectivity index (χ0n) is 17.1. The fourth-order valence-electron chi connectivity index (χ4n) is 4.01. The number of hydrogen-bond acceptors (Lipinski definition) is 3. The van der Waals surface area contributed by atoms with E-state index in [9.17, 15) is 22.4 Å². The molecule has 0 radical (unpaired) electrons. The van der Waals surface area contributed by atoms with E-state index in [2.05, 4.69) is 16.5 Å². The Balaban J connectivity index is 1.62. The lowest BCUT2D eigenvalue weighted by atomic mass is 10.0. The number of likely N-dealkylation sites (tertiary alicyclic amines) is 1. The molecule has 33 heavy (non-hydrogen) atoms. The van der Waals surface area contributed by atoms with Gasteiger partial charge in [-0.3, -0.25) is 14.5 Å². The van der Waals surface area contributed by atoms with Gasteiger partial charge >= 0.3 is 6.18 Å². The van der Waals surface area contributed by atoms with Crippen LogP contribution in [0.25, 0.3) is 33.4 Å². The Labute approximate surface area is 185 Å². The lowest BCUT2D eigenvalue weighted by Gasteiger charge is -2.39. The normalized spacial score (nSPS) is 14.5. The lowest BCUT2D eigenvalue weighted by molar-refractivity contribution is -0.137. The predicted octanol–water partition coefficient (Wildman–Crippen LogP) is 4.98. The van der Waals surface area contributed by atoms with E-state index in [4.69, 9.17) is 5.10 Å². The summed E-state index contributed by atoms with van der Waals surface area (Å²) in [7, 11) is 0. The molecule has 1 amide bonds. The molecule has 0 aliphatic carbocycles. The number of aromatic nitrogens is 4. The van der Waals surface area contributed by atoms with Gasteiger partial charge < -0.3 is 9.88 Å². The first kappa shape index (κ1) is 20.9. The quantitative estimate of drug-likeness (QED) is 0.349. The zero-order valence-corrected chi connectivity index (χ0v) is 17.1. The van der Waals surface area contributed by atoms with Crippen LogP contribution >= 0.6 is 0 Å². The molecule has 4 heterocycles. The minimum Gasteiger partial charge on any atom is -0.367 e. The first-order valence-electron chi connectivity index (χ1n) is 10.1. The van der Waals surface area contributed by atoms with Gasteiger partial charge in [0, 0.05) is 48.4 Å². The number of alkyl halides is 3. The first-order valence-corrected chi connectivity index (χ1v) is 10.1. The van der Waals surface area contributed by atoms with Gasteiger partial charge in [-0.05, 0) is 24.3 Å². The van der Waals surface area contributed by atoms with E-state index in [0.29, 0.717) is 22.3 Å². The smallest absolute Gasteiger partial charge is 0.367 e. The summed E-state index contributed by atoms with van der Waals surface area (Å²) >= 11 is 0. The predicted molar refractivity (Wildman–Crippen MR) is 114 cm³/mol. The molecule has 3 aromatic heterocycles. The minimum atomic E-state index is -4.44. The topological polar surface area (TPSA) is 66.8 Å². The van der Waals surface area contributed by atoms with E-state index in [0.717, 1.165) is 23.3 Å². The number of H-pyrrole nitrogens is 1. The van der Waals surface area contributed by atoms with Crippen molar-refractivity contribution in [1.82, 2.24) is 24.6 Å². The van der Waals surface area contributed by atoms with E-state index < -0.39 is 23.5 Å². The number of benzene rings is 1. The summed E-state index contributed by atoms with van der Waals surface area (Å²) in [6.45, 7) is 3.51. The average Bonchev–Trinajstić information content (AvgIpc) is 3.41. The molecule has 0 bridgehead atoms. The number of carbonyl (C=O) groups is 1. The van der Waals surface area contributed by atoms with Gasteiger partial charge in [-0.25, -0.2) is 4.39 Å². The summed E-state index contributed by atoms with van der Waals surface area (Å²) in [6.07, 6.45) is 0.763. The van der Waals surface area contributed by atoms with E-state index in [1.54, 1.807) is 17.1 Å². The highest BCUT2D eigenvalue weighted by Crippen LogP contribution is 2.38. The molecule has 0 saturated carbocycles. The second kappa shape index (κ2) is 7.58. The Kier molecular flexibility index (Phi) is 4.80. The highest BCUT2D eigenvalue weighted by atomic mass is 19.4. The van der Waals surface area contributed by atoms with Gasteiger partial charge in [-0.15, -0.1) is 0 Å². The third-order valence-electron chi connectivity index (χ3n) is 5.71. The SMILES string of the molecule is C=C(F)C(=O)N1CC(n2nc(-c3ccc(C(F)(F)F)cc3)c3nccc(-c4cc[nH]c4)c32)C1. The number of aromatic amines is 1. The highest BCUT2D eigenvalue weighted by Gasteiger charge is 2.36. The summed E-state index contributed by atoms with van der Waals surface area (Å²) in [5, 5.41) is 4.69. The summed E-state index contributed by atoms with van der Waals surface area (Å²) in [4.78, 5) is 20.7. The minimum absolute atomic E-state index is 0.229. The Hall–Kier alpha value is -3.95. The van der Waals surface area contributed by atoms with E-state index in [1.165, 1.54) is 17.0 Å². The Morgan fingerprint density at radius 2 is 1.82 bits per heavy atom. The van der Waals surface area contributed by atoms with Crippen LogP contribution in [0.1, 0.15) is 11.6 Å². The zero-order chi connectivity index (χ0) is 23.3. The number of fused-ring (bicyclic) bond motifs is 1. The third-order valence-corrected chi connectivity index (χ3v) is 5.71. The maximum Gasteiger partial charge on any atom is 0.416 e. The number of pyridine rings is 1. The number of amides is 1. The average molecular weight is 455 g/mol. The molecule has 4 aromatic rings. The molecular weight excluding hydrogens is 438 g/mol. The van der Waals surface area contributed by atoms with Crippen LogP contribution in [0.15, 0.2) is 67.4 Å². The number of halogens is 4. The van der Waals surface area contributed by atoms with Crippen molar-refractivity contribution in [3.8, 4) is 22.4 Å². The lowest BCUT2D eigenvalue weighted by Crippen LogP contribution is -2.51.